The number of hydrogen-bond donors (Lipinski definition) is 0. The van der Waals surface area contributed by atoms with E-state index in [0.717, 1.165) is 37.4 Å². The van der Waals surface area contributed by atoms with Gasteiger partial charge >= 0.3 is 0 Å². The monoisotopic (exact) mass is 418 g/mol. The first kappa shape index (κ1) is 33.5. The lowest BCUT2D eigenvalue weighted by Gasteiger charge is -2.17. The molecule has 0 N–H and O–H groups in total. The smallest absolute Gasteiger partial charge is 0.0552 e. The van der Waals surface area contributed by atoms with E-state index in [1.54, 1.807) is 0 Å². The van der Waals surface area contributed by atoms with Crippen LogP contribution >= 0.6 is 0 Å². The van der Waals surface area contributed by atoms with E-state index in [0.29, 0.717) is 30.3 Å². The molecule has 0 aromatic carbocycles. The van der Waals surface area contributed by atoms with Gasteiger partial charge in [0.05, 0.1) is 24.4 Å². The van der Waals surface area contributed by atoms with Crippen molar-refractivity contribution in [3.8, 4) is 0 Å². The van der Waals surface area contributed by atoms with Crippen molar-refractivity contribution >= 4 is 0 Å². The van der Waals surface area contributed by atoms with Gasteiger partial charge in [-0.1, -0.05) is 48.5 Å². The molecule has 0 bridgehead atoms. The summed E-state index contributed by atoms with van der Waals surface area (Å²) in [6.07, 6.45) is 3.90. The standard InChI is InChI=1S/2C9H20O.C8H18O/c1-7(2)9(5)6-10-8(3)4;1-7(2)6-9(5)10-8(3)4;1-7(2)5-6-9-8(3)4/h2*7-9H,6H2,1-5H3;7-8H,5-6H2,1-4H3. The van der Waals surface area contributed by atoms with Crippen molar-refractivity contribution in [2.45, 2.75) is 134 Å². The molecule has 0 radical (unpaired) electrons. The van der Waals surface area contributed by atoms with Gasteiger partial charge in [-0.25, -0.2) is 0 Å². The van der Waals surface area contributed by atoms with Crippen molar-refractivity contribution in [1.82, 2.24) is 0 Å². The third-order valence-electron chi connectivity index (χ3n) is 4.28. The highest BCUT2D eigenvalue weighted by Crippen LogP contribution is 2.10. The molecule has 2 atom stereocenters. The lowest BCUT2D eigenvalue weighted by Crippen LogP contribution is -2.15. The van der Waals surface area contributed by atoms with Crippen LogP contribution in [0.2, 0.25) is 0 Å². The Morgan fingerprint density at radius 1 is 0.552 bits per heavy atom. The minimum absolute atomic E-state index is 0.369. The highest BCUT2D eigenvalue weighted by molar-refractivity contribution is 4.56. The summed E-state index contributed by atoms with van der Waals surface area (Å²) in [5, 5.41) is 0. The Bertz CT molecular complexity index is 291. The van der Waals surface area contributed by atoms with Gasteiger partial charge in [-0.05, 0) is 85.0 Å². The topological polar surface area (TPSA) is 27.7 Å². The third-order valence-corrected chi connectivity index (χ3v) is 4.28. The Hall–Kier alpha value is -0.120. The van der Waals surface area contributed by atoms with E-state index < -0.39 is 0 Å². The van der Waals surface area contributed by atoms with Gasteiger partial charge in [-0.3, -0.25) is 0 Å². The summed E-state index contributed by atoms with van der Waals surface area (Å²) in [6.45, 7) is 32.0. The van der Waals surface area contributed by atoms with E-state index in [4.69, 9.17) is 14.2 Å². The maximum Gasteiger partial charge on any atom is 0.0552 e. The number of rotatable bonds is 12. The zero-order chi connectivity index (χ0) is 23.6. The van der Waals surface area contributed by atoms with Gasteiger partial charge < -0.3 is 14.2 Å². The lowest BCUT2D eigenvalue weighted by molar-refractivity contribution is 0.00802. The fourth-order valence-corrected chi connectivity index (χ4v) is 2.26. The minimum Gasteiger partial charge on any atom is -0.379 e. The highest BCUT2D eigenvalue weighted by atomic mass is 16.5. The average Bonchev–Trinajstić information content (AvgIpc) is 2.51. The summed E-state index contributed by atoms with van der Waals surface area (Å²) in [7, 11) is 0. The van der Waals surface area contributed by atoms with Gasteiger partial charge in [0.2, 0.25) is 0 Å². The number of hydrogen-bond acceptors (Lipinski definition) is 3. The maximum absolute atomic E-state index is 5.56. The summed E-state index contributed by atoms with van der Waals surface area (Å²) >= 11 is 0. The van der Waals surface area contributed by atoms with Gasteiger partial charge in [0.25, 0.3) is 0 Å². The molecule has 0 aromatic rings. The second-order valence-corrected chi connectivity index (χ2v) is 10.3. The normalized spacial score (nSPS) is 13.7. The summed E-state index contributed by atoms with van der Waals surface area (Å²) in [6, 6.07) is 0. The second kappa shape index (κ2) is 21.1. The summed E-state index contributed by atoms with van der Waals surface area (Å²) in [5.74, 6) is 2.93. The van der Waals surface area contributed by atoms with E-state index in [1.165, 1.54) is 6.42 Å². The first-order valence-electron chi connectivity index (χ1n) is 12.1. The molecular weight excluding hydrogens is 360 g/mol. The highest BCUT2D eigenvalue weighted by Gasteiger charge is 2.07. The van der Waals surface area contributed by atoms with Crippen molar-refractivity contribution < 1.29 is 14.2 Å². The molecule has 0 aliphatic carbocycles. The van der Waals surface area contributed by atoms with Crippen molar-refractivity contribution in [3.63, 3.8) is 0 Å². The van der Waals surface area contributed by atoms with E-state index in [-0.39, 0.29) is 0 Å². The second-order valence-electron chi connectivity index (χ2n) is 10.3. The predicted molar refractivity (Wildman–Crippen MR) is 131 cm³/mol. The molecule has 0 aliphatic rings. The van der Waals surface area contributed by atoms with Crippen LogP contribution in [0.4, 0.5) is 0 Å². The van der Waals surface area contributed by atoms with Crippen LogP contribution in [-0.4, -0.2) is 37.6 Å². The molecule has 0 fully saturated rings. The molecule has 3 heteroatoms. The predicted octanol–water partition coefficient (Wildman–Crippen LogP) is 8.01. The van der Waals surface area contributed by atoms with Crippen LogP contribution in [0.5, 0.6) is 0 Å². The molecule has 0 aliphatic heterocycles. The largest absolute Gasteiger partial charge is 0.379 e. The van der Waals surface area contributed by atoms with Crippen LogP contribution in [0.3, 0.4) is 0 Å². The van der Waals surface area contributed by atoms with Crippen LogP contribution in [0.25, 0.3) is 0 Å². The van der Waals surface area contributed by atoms with Crippen molar-refractivity contribution in [1.29, 1.82) is 0 Å². The first-order chi connectivity index (χ1) is 13.2. The molecule has 0 saturated heterocycles. The molecule has 2 unspecified atom stereocenters. The van der Waals surface area contributed by atoms with E-state index in [1.807, 2.05) is 0 Å². The van der Waals surface area contributed by atoms with Crippen LogP contribution in [-0.2, 0) is 14.2 Å². The van der Waals surface area contributed by atoms with E-state index >= 15 is 0 Å². The molecule has 3 nitrogen and oxygen atoms in total. The quantitative estimate of drug-likeness (QED) is 0.321. The van der Waals surface area contributed by atoms with E-state index in [9.17, 15) is 0 Å². The van der Waals surface area contributed by atoms with Crippen LogP contribution in [0.15, 0.2) is 0 Å². The molecule has 0 amide bonds. The van der Waals surface area contributed by atoms with Gasteiger partial charge in [0.1, 0.15) is 0 Å². The van der Waals surface area contributed by atoms with Crippen molar-refractivity contribution in [3.05, 3.63) is 0 Å². The zero-order valence-electron chi connectivity index (χ0n) is 22.7. The molecule has 0 saturated carbocycles. The first-order valence-corrected chi connectivity index (χ1v) is 12.1. The molecule has 0 aromatic heterocycles. The van der Waals surface area contributed by atoms with Gasteiger partial charge in [-0.15, -0.1) is 0 Å². The van der Waals surface area contributed by atoms with E-state index in [2.05, 4.69) is 96.9 Å². The van der Waals surface area contributed by atoms with Gasteiger partial charge in [0.15, 0.2) is 0 Å². The fraction of sp³-hybridized carbons (Fsp3) is 1.00. The third kappa shape index (κ3) is 35.7. The molecule has 0 rings (SSSR count). The Balaban J connectivity index is -0.000000350. The molecule has 0 spiro atoms. The Kier molecular flexibility index (Phi) is 24.4. The summed E-state index contributed by atoms with van der Waals surface area (Å²) < 4.78 is 16.4. The molecule has 0 heterocycles. The zero-order valence-corrected chi connectivity index (χ0v) is 22.7. The van der Waals surface area contributed by atoms with Gasteiger partial charge in [0, 0.05) is 13.2 Å². The van der Waals surface area contributed by atoms with Gasteiger partial charge in [-0.2, -0.15) is 0 Å². The Morgan fingerprint density at radius 2 is 1.03 bits per heavy atom. The lowest BCUT2D eigenvalue weighted by atomic mass is 9.99. The van der Waals surface area contributed by atoms with Crippen molar-refractivity contribution in [2.75, 3.05) is 13.2 Å². The number of ether oxygens (including phenoxy) is 3. The van der Waals surface area contributed by atoms with Crippen molar-refractivity contribution in [2.24, 2.45) is 23.7 Å². The molecular formula is C26H58O3. The SMILES string of the molecule is CC(C)CC(C)OC(C)C.CC(C)CCOC(C)C.CC(C)OCC(C)C(C)C. The Labute approximate surface area is 185 Å². The maximum atomic E-state index is 5.56. The molecule has 180 valence electrons. The Morgan fingerprint density at radius 3 is 1.34 bits per heavy atom. The minimum atomic E-state index is 0.369. The summed E-state index contributed by atoms with van der Waals surface area (Å²) in [5.41, 5.74) is 0. The van der Waals surface area contributed by atoms with Crippen LogP contribution in [0, 0.1) is 23.7 Å². The van der Waals surface area contributed by atoms with Crippen LogP contribution in [0.1, 0.15) is 110 Å². The summed E-state index contributed by atoms with van der Waals surface area (Å²) in [4.78, 5) is 0. The average molecular weight is 419 g/mol. The van der Waals surface area contributed by atoms with Crippen LogP contribution < -0.4 is 0 Å². The molecule has 29 heavy (non-hydrogen) atoms. The fourth-order valence-electron chi connectivity index (χ4n) is 2.26.